The van der Waals surface area contributed by atoms with Gasteiger partial charge in [-0.25, -0.2) is 4.90 Å². The largest absolute Gasteiger partial charge is 0.372 e. The first-order chi connectivity index (χ1) is 14.6. The lowest BCUT2D eigenvalue weighted by molar-refractivity contribution is -0.120. The minimum atomic E-state index is -0.266. The number of hydrogen-bond donors (Lipinski definition) is 0. The van der Waals surface area contributed by atoms with Gasteiger partial charge in [-0.1, -0.05) is 23.7 Å². The van der Waals surface area contributed by atoms with E-state index in [1.807, 2.05) is 36.4 Å². The molecule has 5 nitrogen and oxygen atoms in total. The van der Waals surface area contributed by atoms with Gasteiger partial charge in [0.25, 0.3) is 11.8 Å². The van der Waals surface area contributed by atoms with Gasteiger partial charge in [-0.2, -0.15) is 0 Å². The van der Waals surface area contributed by atoms with Gasteiger partial charge in [0.05, 0.1) is 11.3 Å². The van der Waals surface area contributed by atoms with Gasteiger partial charge in [0, 0.05) is 36.9 Å². The Morgan fingerprint density at radius 1 is 0.633 bits per heavy atom. The third kappa shape index (κ3) is 3.27. The van der Waals surface area contributed by atoms with Crippen LogP contribution in [0.2, 0.25) is 5.02 Å². The first-order valence-electron chi connectivity index (χ1n) is 10.6. The first-order valence-corrected chi connectivity index (χ1v) is 11.0. The molecule has 2 saturated heterocycles. The highest BCUT2D eigenvalue weighted by Crippen LogP contribution is 2.37. The number of carbonyl (C=O) groups excluding carboxylic acids is 2. The molecule has 0 N–H and O–H groups in total. The Labute approximate surface area is 181 Å². The van der Waals surface area contributed by atoms with Crippen molar-refractivity contribution in [2.45, 2.75) is 25.7 Å². The fourth-order valence-corrected chi connectivity index (χ4v) is 4.78. The number of halogens is 1. The number of rotatable bonds is 4. The molecule has 6 heteroatoms. The highest BCUT2D eigenvalue weighted by molar-refractivity contribution is 6.45. The van der Waals surface area contributed by atoms with Crippen LogP contribution in [-0.4, -0.2) is 42.9 Å². The first kappa shape index (κ1) is 19.2. The Bertz CT molecular complexity index is 1000. The molecule has 30 heavy (non-hydrogen) atoms. The summed E-state index contributed by atoms with van der Waals surface area (Å²) in [5.74, 6) is -0.501. The number of anilines is 2. The molecule has 3 heterocycles. The number of hydrogen-bond acceptors (Lipinski definition) is 4. The average molecular weight is 422 g/mol. The maximum atomic E-state index is 13.5. The molecule has 5 rings (SSSR count). The van der Waals surface area contributed by atoms with Crippen LogP contribution in [0.25, 0.3) is 5.57 Å². The summed E-state index contributed by atoms with van der Waals surface area (Å²) >= 11 is 6.05. The topological polar surface area (TPSA) is 43.9 Å². The number of carbonyl (C=O) groups is 2. The van der Waals surface area contributed by atoms with Crippen LogP contribution in [0.4, 0.5) is 11.4 Å². The second-order valence-electron chi connectivity index (χ2n) is 8.08. The van der Waals surface area contributed by atoms with E-state index in [2.05, 4.69) is 9.80 Å². The number of likely N-dealkylation sites (tertiary alicyclic amines) is 1. The molecule has 0 atom stereocenters. The van der Waals surface area contributed by atoms with Gasteiger partial charge in [0.1, 0.15) is 5.70 Å². The van der Waals surface area contributed by atoms with Gasteiger partial charge in [-0.15, -0.1) is 0 Å². The summed E-state index contributed by atoms with van der Waals surface area (Å²) in [6.45, 7) is 3.71. The smallest absolute Gasteiger partial charge is 0.282 e. The third-order valence-corrected chi connectivity index (χ3v) is 6.45. The Hall–Kier alpha value is -2.79. The summed E-state index contributed by atoms with van der Waals surface area (Å²) in [6, 6.07) is 14.9. The van der Waals surface area contributed by atoms with E-state index in [1.54, 1.807) is 12.1 Å². The molecule has 2 amide bonds. The lowest BCUT2D eigenvalue weighted by Crippen LogP contribution is -2.34. The van der Waals surface area contributed by atoms with Gasteiger partial charge >= 0.3 is 0 Å². The van der Waals surface area contributed by atoms with Crippen LogP contribution in [0.1, 0.15) is 31.2 Å². The Morgan fingerprint density at radius 3 is 1.77 bits per heavy atom. The Balaban J connectivity index is 1.51. The fourth-order valence-electron chi connectivity index (χ4n) is 4.65. The molecule has 2 fully saturated rings. The number of benzene rings is 2. The molecule has 0 spiro atoms. The van der Waals surface area contributed by atoms with Crippen molar-refractivity contribution in [3.05, 3.63) is 64.8 Å². The molecule has 0 aromatic heterocycles. The molecule has 0 saturated carbocycles. The highest BCUT2D eigenvalue weighted by atomic mass is 35.5. The monoisotopic (exact) mass is 421 g/mol. The predicted molar refractivity (Wildman–Crippen MR) is 120 cm³/mol. The molecule has 154 valence electrons. The fraction of sp³-hybridized carbons (Fsp3) is 0.333. The summed E-state index contributed by atoms with van der Waals surface area (Å²) in [6.07, 6.45) is 4.48. The normalized spacial score (nSPS) is 19.6. The zero-order valence-electron chi connectivity index (χ0n) is 16.8. The van der Waals surface area contributed by atoms with Crippen LogP contribution in [0.3, 0.4) is 0 Å². The number of amides is 2. The second kappa shape index (κ2) is 7.80. The van der Waals surface area contributed by atoms with Crippen molar-refractivity contribution >= 4 is 40.4 Å². The van der Waals surface area contributed by atoms with Crippen LogP contribution in [-0.2, 0) is 9.59 Å². The molecular formula is C24H24ClN3O2. The van der Waals surface area contributed by atoms with Crippen molar-refractivity contribution < 1.29 is 9.59 Å². The van der Waals surface area contributed by atoms with E-state index in [0.29, 0.717) is 22.0 Å². The van der Waals surface area contributed by atoms with Gasteiger partial charge in [0.15, 0.2) is 0 Å². The molecule has 3 aliphatic heterocycles. The summed E-state index contributed by atoms with van der Waals surface area (Å²) in [7, 11) is 0. The Morgan fingerprint density at radius 2 is 1.17 bits per heavy atom. The van der Waals surface area contributed by atoms with Crippen LogP contribution < -0.4 is 9.80 Å². The quantitative estimate of drug-likeness (QED) is 0.689. The average Bonchev–Trinajstić information content (AvgIpc) is 3.51. The van der Waals surface area contributed by atoms with Gasteiger partial charge < -0.3 is 9.80 Å². The standard InChI is InChI=1S/C24H24ClN3O2/c25-18-7-5-17(6-8-18)21-22(27-15-3-4-16-27)24(30)28(23(21)29)20-11-9-19(10-12-20)26-13-1-2-14-26/h5-12H,1-4,13-16H2. The summed E-state index contributed by atoms with van der Waals surface area (Å²) in [5.41, 5.74) is 3.48. The van der Waals surface area contributed by atoms with Crippen LogP contribution in [0.5, 0.6) is 0 Å². The van der Waals surface area contributed by atoms with Gasteiger partial charge in [0.2, 0.25) is 0 Å². The zero-order valence-corrected chi connectivity index (χ0v) is 17.6. The molecule has 0 aliphatic carbocycles. The summed E-state index contributed by atoms with van der Waals surface area (Å²) in [5, 5.41) is 0.605. The molecule has 0 unspecified atom stereocenters. The maximum Gasteiger partial charge on any atom is 0.282 e. The molecular weight excluding hydrogens is 398 g/mol. The summed E-state index contributed by atoms with van der Waals surface area (Å²) < 4.78 is 0. The zero-order chi connectivity index (χ0) is 20.7. The van der Waals surface area contributed by atoms with E-state index < -0.39 is 0 Å². The SMILES string of the molecule is O=C1C(c2ccc(Cl)cc2)=C(N2CCCC2)C(=O)N1c1ccc(N2CCCC2)cc1. The predicted octanol–water partition coefficient (Wildman–Crippen LogP) is 4.32. The van der Waals surface area contributed by atoms with E-state index >= 15 is 0 Å². The molecule has 0 radical (unpaired) electrons. The number of imide groups is 1. The lowest BCUT2D eigenvalue weighted by Gasteiger charge is -2.21. The van der Waals surface area contributed by atoms with Crippen molar-refractivity contribution in [3.8, 4) is 0 Å². The van der Waals surface area contributed by atoms with E-state index in [0.717, 1.165) is 50.3 Å². The van der Waals surface area contributed by atoms with E-state index in [1.165, 1.54) is 17.7 Å². The second-order valence-corrected chi connectivity index (χ2v) is 8.52. The molecule has 3 aliphatic rings. The van der Waals surface area contributed by atoms with Gasteiger partial charge in [-0.3, -0.25) is 9.59 Å². The van der Waals surface area contributed by atoms with Crippen molar-refractivity contribution in [3.63, 3.8) is 0 Å². The maximum absolute atomic E-state index is 13.5. The highest BCUT2D eigenvalue weighted by Gasteiger charge is 2.42. The molecule has 0 bridgehead atoms. The number of nitrogens with zero attached hydrogens (tertiary/aromatic N) is 3. The van der Waals surface area contributed by atoms with Crippen LogP contribution in [0.15, 0.2) is 54.2 Å². The third-order valence-electron chi connectivity index (χ3n) is 6.19. The molecule has 2 aromatic carbocycles. The van der Waals surface area contributed by atoms with E-state index in [9.17, 15) is 9.59 Å². The van der Waals surface area contributed by atoms with Crippen molar-refractivity contribution in [2.24, 2.45) is 0 Å². The van der Waals surface area contributed by atoms with E-state index in [-0.39, 0.29) is 11.8 Å². The van der Waals surface area contributed by atoms with Crippen molar-refractivity contribution in [1.82, 2.24) is 4.90 Å². The van der Waals surface area contributed by atoms with Crippen LogP contribution >= 0.6 is 11.6 Å². The minimum Gasteiger partial charge on any atom is -0.372 e. The molecule has 2 aromatic rings. The van der Waals surface area contributed by atoms with Crippen molar-refractivity contribution in [2.75, 3.05) is 36.0 Å². The van der Waals surface area contributed by atoms with Crippen molar-refractivity contribution in [1.29, 1.82) is 0 Å². The Kier molecular flexibility index (Phi) is 4.99. The summed E-state index contributed by atoms with van der Waals surface area (Å²) in [4.78, 5) is 32.7. The lowest BCUT2D eigenvalue weighted by atomic mass is 10.0. The van der Waals surface area contributed by atoms with Gasteiger partial charge in [-0.05, 0) is 67.6 Å². The minimum absolute atomic E-state index is 0.235. The van der Waals surface area contributed by atoms with E-state index in [4.69, 9.17) is 11.6 Å². The van der Waals surface area contributed by atoms with Crippen LogP contribution in [0, 0.1) is 0 Å².